The zero-order valence-corrected chi connectivity index (χ0v) is 6.02. The molecule has 0 aliphatic carbocycles. The third kappa shape index (κ3) is 0.914. The number of rotatable bonds is 0. The number of halogens is 1. The van der Waals surface area contributed by atoms with Gasteiger partial charge >= 0.3 is 0 Å². The molecule has 1 aliphatic rings. The molecular weight excluding hydrogens is 154 g/mol. The highest BCUT2D eigenvalue weighted by atomic mass is 35.5. The van der Waals surface area contributed by atoms with Gasteiger partial charge in [-0.1, -0.05) is 0 Å². The lowest BCUT2D eigenvalue weighted by molar-refractivity contribution is 0.102. The van der Waals surface area contributed by atoms with E-state index in [-0.39, 0.29) is 5.35 Å². The van der Waals surface area contributed by atoms with Gasteiger partial charge in [-0.2, -0.15) is 0 Å². The normalized spacial score (nSPS) is 16.9. The molecule has 1 aromatic heterocycles. The summed E-state index contributed by atoms with van der Waals surface area (Å²) >= 11 is 5.52. The van der Waals surface area contributed by atoms with Crippen molar-refractivity contribution < 1.29 is 9.15 Å². The Morgan fingerprint density at radius 2 is 2.40 bits per heavy atom. The Balaban J connectivity index is 2.41. The van der Waals surface area contributed by atoms with Gasteiger partial charge in [0.05, 0.1) is 13.2 Å². The van der Waals surface area contributed by atoms with E-state index in [0.29, 0.717) is 13.2 Å². The minimum atomic E-state index is 0.218. The van der Waals surface area contributed by atoms with Gasteiger partial charge in [0.15, 0.2) is 0 Å². The molecule has 54 valence electrons. The highest BCUT2D eigenvalue weighted by Crippen LogP contribution is 2.19. The van der Waals surface area contributed by atoms with E-state index in [1.165, 1.54) is 0 Å². The van der Waals surface area contributed by atoms with Crippen molar-refractivity contribution in [2.45, 2.75) is 13.0 Å². The Labute approximate surface area is 63.0 Å². The third-order valence-electron chi connectivity index (χ3n) is 1.46. The van der Waals surface area contributed by atoms with E-state index in [1.54, 1.807) is 0 Å². The molecule has 0 atom stereocenters. The molecule has 0 unspecified atom stereocenters. The lowest BCUT2D eigenvalue weighted by atomic mass is 10.2. The van der Waals surface area contributed by atoms with E-state index in [0.717, 1.165) is 17.9 Å². The topological polar surface area (TPSA) is 35.3 Å². The second-order valence-electron chi connectivity index (χ2n) is 2.14. The minimum Gasteiger partial charge on any atom is -0.432 e. The van der Waals surface area contributed by atoms with Crippen molar-refractivity contribution >= 4 is 11.6 Å². The van der Waals surface area contributed by atoms with Crippen molar-refractivity contribution in [3.05, 3.63) is 16.8 Å². The molecule has 0 spiro atoms. The van der Waals surface area contributed by atoms with Gasteiger partial charge in [-0.3, -0.25) is 0 Å². The molecule has 2 rings (SSSR count). The van der Waals surface area contributed by atoms with Gasteiger partial charge in [0.1, 0.15) is 11.5 Å². The van der Waals surface area contributed by atoms with E-state index >= 15 is 0 Å². The van der Waals surface area contributed by atoms with E-state index in [2.05, 4.69) is 4.98 Å². The van der Waals surface area contributed by atoms with Crippen LogP contribution in [0.3, 0.4) is 0 Å². The maximum atomic E-state index is 5.52. The number of aromatic nitrogens is 1. The van der Waals surface area contributed by atoms with Gasteiger partial charge in [-0.05, 0) is 11.6 Å². The van der Waals surface area contributed by atoms with Gasteiger partial charge in [0, 0.05) is 6.42 Å². The highest BCUT2D eigenvalue weighted by molar-refractivity contribution is 6.27. The van der Waals surface area contributed by atoms with Crippen LogP contribution in [-0.4, -0.2) is 11.6 Å². The Morgan fingerprint density at radius 3 is 3.20 bits per heavy atom. The molecule has 2 heterocycles. The predicted octanol–water partition coefficient (Wildman–Crippen LogP) is 1.40. The lowest BCUT2D eigenvalue weighted by Crippen LogP contribution is -2.07. The van der Waals surface area contributed by atoms with Gasteiger partial charge in [0.2, 0.25) is 0 Å². The Kier molecular flexibility index (Phi) is 1.39. The summed E-state index contributed by atoms with van der Waals surface area (Å²) in [4.78, 5) is 3.92. The Bertz CT molecular complexity index is 222. The average Bonchev–Trinajstić information content (AvgIpc) is 2.27. The predicted molar refractivity (Wildman–Crippen MR) is 34.9 cm³/mol. The first-order chi connectivity index (χ1) is 4.86. The van der Waals surface area contributed by atoms with Crippen LogP contribution >= 0.6 is 11.6 Å². The zero-order chi connectivity index (χ0) is 6.97. The van der Waals surface area contributed by atoms with Crippen LogP contribution in [0.25, 0.3) is 0 Å². The molecule has 1 aromatic rings. The summed E-state index contributed by atoms with van der Waals surface area (Å²) in [6.45, 7) is 1.24. The average molecular weight is 160 g/mol. The van der Waals surface area contributed by atoms with Gasteiger partial charge in [-0.25, -0.2) is 4.98 Å². The van der Waals surface area contributed by atoms with E-state index in [1.807, 2.05) is 0 Å². The molecule has 0 aromatic carbocycles. The smallest absolute Gasteiger partial charge is 0.292 e. The standard InChI is InChI=1S/C6H6ClNO2/c7-6-8-4-3-9-2-1-5(4)10-6/h1-3H2. The fourth-order valence-electron chi connectivity index (χ4n) is 0.994. The molecule has 0 bridgehead atoms. The lowest BCUT2D eigenvalue weighted by Gasteiger charge is -2.07. The summed E-state index contributed by atoms with van der Waals surface area (Å²) in [7, 11) is 0. The number of hydrogen-bond donors (Lipinski definition) is 0. The van der Waals surface area contributed by atoms with Crippen molar-refractivity contribution in [1.82, 2.24) is 4.98 Å². The first-order valence-electron chi connectivity index (χ1n) is 3.08. The van der Waals surface area contributed by atoms with Crippen LogP contribution in [-0.2, 0) is 17.8 Å². The number of hydrogen-bond acceptors (Lipinski definition) is 3. The van der Waals surface area contributed by atoms with E-state index < -0.39 is 0 Å². The number of fused-ring (bicyclic) bond motifs is 1. The molecular formula is C6H6ClNO2. The number of nitrogens with zero attached hydrogens (tertiary/aromatic N) is 1. The molecule has 0 saturated heterocycles. The molecule has 0 fully saturated rings. The van der Waals surface area contributed by atoms with E-state index in [9.17, 15) is 0 Å². The fraction of sp³-hybridized carbons (Fsp3) is 0.500. The molecule has 0 saturated carbocycles. The first-order valence-corrected chi connectivity index (χ1v) is 3.46. The summed E-state index contributed by atoms with van der Waals surface area (Å²) < 4.78 is 10.2. The SMILES string of the molecule is Clc1nc2c(o1)CCOC2. The maximum absolute atomic E-state index is 5.52. The summed E-state index contributed by atoms with van der Waals surface area (Å²) in [5.74, 6) is 0.872. The first kappa shape index (κ1) is 6.19. The van der Waals surface area contributed by atoms with Gasteiger partial charge in [0.25, 0.3) is 5.35 Å². The second kappa shape index (κ2) is 2.25. The summed E-state index contributed by atoms with van der Waals surface area (Å²) in [6.07, 6.45) is 0.787. The minimum absolute atomic E-state index is 0.218. The summed E-state index contributed by atoms with van der Waals surface area (Å²) in [5, 5.41) is 0.218. The van der Waals surface area contributed by atoms with Crippen LogP contribution in [0.15, 0.2) is 4.42 Å². The third-order valence-corrected chi connectivity index (χ3v) is 1.63. The van der Waals surface area contributed by atoms with Crippen LogP contribution in [0.4, 0.5) is 0 Å². The van der Waals surface area contributed by atoms with Crippen molar-refractivity contribution in [1.29, 1.82) is 0 Å². The molecule has 1 aliphatic heterocycles. The van der Waals surface area contributed by atoms with Crippen LogP contribution < -0.4 is 0 Å². The van der Waals surface area contributed by atoms with Crippen LogP contribution in [0.1, 0.15) is 11.5 Å². The quantitative estimate of drug-likeness (QED) is 0.574. The number of oxazole rings is 1. The molecule has 10 heavy (non-hydrogen) atoms. The van der Waals surface area contributed by atoms with Crippen LogP contribution in [0.2, 0.25) is 5.35 Å². The molecule has 0 N–H and O–H groups in total. The van der Waals surface area contributed by atoms with E-state index in [4.69, 9.17) is 20.8 Å². The van der Waals surface area contributed by atoms with Crippen LogP contribution in [0, 0.1) is 0 Å². The highest BCUT2D eigenvalue weighted by Gasteiger charge is 2.15. The molecule has 3 nitrogen and oxygen atoms in total. The van der Waals surface area contributed by atoms with Crippen molar-refractivity contribution in [3.8, 4) is 0 Å². The Morgan fingerprint density at radius 1 is 1.50 bits per heavy atom. The van der Waals surface area contributed by atoms with Crippen LogP contribution in [0.5, 0.6) is 0 Å². The van der Waals surface area contributed by atoms with Gasteiger partial charge in [-0.15, -0.1) is 0 Å². The zero-order valence-electron chi connectivity index (χ0n) is 5.26. The van der Waals surface area contributed by atoms with Crippen molar-refractivity contribution in [2.75, 3.05) is 6.61 Å². The fourth-order valence-corrected chi connectivity index (χ4v) is 1.19. The van der Waals surface area contributed by atoms with Crippen molar-refractivity contribution in [3.63, 3.8) is 0 Å². The molecule has 0 radical (unpaired) electrons. The molecule has 4 heteroatoms. The number of ether oxygens (including phenoxy) is 1. The molecule has 0 amide bonds. The van der Waals surface area contributed by atoms with Crippen molar-refractivity contribution in [2.24, 2.45) is 0 Å². The Hall–Kier alpha value is -0.540. The second-order valence-corrected chi connectivity index (χ2v) is 2.46. The largest absolute Gasteiger partial charge is 0.432 e. The summed E-state index contributed by atoms with van der Waals surface area (Å²) in [6, 6.07) is 0. The monoisotopic (exact) mass is 159 g/mol. The maximum Gasteiger partial charge on any atom is 0.292 e. The summed E-state index contributed by atoms with van der Waals surface area (Å²) in [5.41, 5.74) is 0.844. The van der Waals surface area contributed by atoms with Gasteiger partial charge < -0.3 is 9.15 Å².